The number of rotatable bonds is 3. The Kier molecular flexibility index (Phi) is 3.35. The highest BCUT2D eigenvalue weighted by Crippen LogP contribution is 2.24. The number of ether oxygens (including phenoxy) is 1. The van der Waals surface area contributed by atoms with Crippen molar-refractivity contribution in [2.24, 2.45) is 5.73 Å². The lowest BCUT2D eigenvalue weighted by Gasteiger charge is -2.39. The molecule has 0 spiro atoms. The molecule has 6 nitrogen and oxygen atoms in total. The SMILES string of the molecule is COC1CCN(c2ccn3nccc3n2)C(CN)C1. The van der Waals surface area contributed by atoms with Crippen molar-refractivity contribution >= 4 is 11.5 Å². The molecule has 0 radical (unpaired) electrons. The van der Waals surface area contributed by atoms with Crippen LogP contribution in [0.15, 0.2) is 24.5 Å². The maximum Gasteiger partial charge on any atom is 0.157 e. The number of nitrogens with zero attached hydrogens (tertiary/aromatic N) is 4. The Bertz CT molecular complexity index is 555. The Hall–Kier alpha value is -1.66. The molecule has 3 heterocycles. The predicted octanol–water partition coefficient (Wildman–Crippen LogP) is 0.672. The predicted molar refractivity (Wildman–Crippen MR) is 73.2 cm³/mol. The lowest BCUT2D eigenvalue weighted by molar-refractivity contribution is 0.0708. The van der Waals surface area contributed by atoms with Gasteiger partial charge in [-0.3, -0.25) is 0 Å². The summed E-state index contributed by atoms with van der Waals surface area (Å²) >= 11 is 0. The fourth-order valence-corrected chi connectivity index (χ4v) is 2.72. The maximum absolute atomic E-state index is 5.90. The molecule has 0 aliphatic carbocycles. The van der Waals surface area contributed by atoms with E-state index in [4.69, 9.17) is 10.5 Å². The fourth-order valence-electron chi connectivity index (χ4n) is 2.72. The molecule has 2 aromatic rings. The third kappa shape index (κ3) is 2.29. The molecule has 2 unspecified atom stereocenters. The first-order chi connectivity index (χ1) is 9.31. The van der Waals surface area contributed by atoms with Gasteiger partial charge in [-0.1, -0.05) is 0 Å². The molecule has 6 heteroatoms. The number of fused-ring (bicyclic) bond motifs is 1. The van der Waals surface area contributed by atoms with Gasteiger partial charge in [-0.15, -0.1) is 0 Å². The van der Waals surface area contributed by atoms with Crippen molar-refractivity contribution in [3.8, 4) is 0 Å². The van der Waals surface area contributed by atoms with Crippen LogP contribution >= 0.6 is 0 Å². The van der Waals surface area contributed by atoms with Crippen LogP contribution in [0, 0.1) is 0 Å². The molecule has 19 heavy (non-hydrogen) atoms. The summed E-state index contributed by atoms with van der Waals surface area (Å²) in [5.74, 6) is 0.970. The highest BCUT2D eigenvalue weighted by molar-refractivity contribution is 5.48. The average molecular weight is 261 g/mol. The first-order valence-corrected chi connectivity index (χ1v) is 6.61. The molecule has 0 bridgehead atoms. The van der Waals surface area contributed by atoms with Crippen LogP contribution in [-0.4, -0.2) is 46.9 Å². The van der Waals surface area contributed by atoms with E-state index in [1.165, 1.54) is 0 Å². The van der Waals surface area contributed by atoms with Gasteiger partial charge >= 0.3 is 0 Å². The van der Waals surface area contributed by atoms with Crippen LogP contribution in [0.3, 0.4) is 0 Å². The minimum absolute atomic E-state index is 0.288. The zero-order valence-electron chi connectivity index (χ0n) is 11.1. The molecule has 1 aliphatic rings. The second kappa shape index (κ2) is 5.14. The molecule has 0 saturated carbocycles. The van der Waals surface area contributed by atoms with Crippen molar-refractivity contribution in [2.45, 2.75) is 25.0 Å². The van der Waals surface area contributed by atoms with E-state index in [0.717, 1.165) is 30.9 Å². The molecule has 1 aliphatic heterocycles. The number of methoxy groups -OCH3 is 1. The van der Waals surface area contributed by atoms with Gasteiger partial charge in [0.25, 0.3) is 0 Å². The molecule has 102 valence electrons. The Morgan fingerprint density at radius 2 is 2.37 bits per heavy atom. The van der Waals surface area contributed by atoms with Crippen molar-refractivity contribution in [3.63, 3.8) is 0 Å². The van der Waals surface area contributed by atoms with E-state index in [-0.39, 0.29) is 6.04 Å². The minimum Gasteiger partial charge on any atom is -0.381 e. The summed E-state index contributed by atoms with van der Waals surface area (Å²) in [6, 6.07) is 4.19. The molecule has 2 atom stereocenters. The van der Waals surface area contributed by atoms with E-state index in [1.807, 2.05) is 18.3 Å². The number of hydrogen-bond donors (Lipinski definition) is 1. The summed E-state index contributed by atoms with van der Waals surface area (Å²) in [4.78, 5) is 6.92. The topological polar surface area (TPSA) is 68.7 Å². The number of anilines is 1. The van der Waals surface area contributed by atoms with Crippen LogP contribution in [0.2, 0.25) is 0 Å². The van der Waals surface area contributed by atoms with Gasteiger partial charge in [0, 0.05) is 38.5 Å². The summed E-state index contributed by atoms with van der Waals surface area (Å²) in [5.41, 5.74) is 6.76. The standard InChI is InChI=1S/C13H19N5O/c1-19-11-3-6-17(10(8-11)9-14)12-4-7-18-13(16-12)2-5-15-18/h2,4-5,7,10-11H,3,6,8-9,14H2,1H3. The molecule has 1 saturated heterocycles. The van der Waals surface area contributed by atoms with Crippen LogP contribution in [0.25, 0.3) is 5.65 Å². The van der Waals surface area contributed by atoms with Gasteiger partial charge in [0.2, 0.25) is 0 Å². The van der Waals surface area contributed by atoms with Crippen molar-refractivity contribution in [1.82, 2.24) is 14.6 Å². The van der Waals surface area contributed by atoms with Crippen molar-refractivity contribution in [2.75, 3.05) is 25.1 Å². The summed E-state index contributed by atoms with van der Waals surface area (Å²) in [7, 11) is 1.77. The Balaban J connectivity index is 1.87. The number of aromatic nitrogens is 3. The summed E-state index contributed by atoms with van der Waals surface area (Å²) in [5, 5.41) is 4.16. The molecule has 2 aromatic heterocycles. The van der Waals surface area contributed by atoms with Crippen molar-refractivity contribution in [1.29, 1.82) is 0 Å². The number of hydrogen-bond acceptors (Lipinski definition) is 5. The summed E-state index contributed by atoms with van der Waals surface area (Å²) in [6.07, 6.45) is 5.97. The van der Waals surface area contributed by atoms with Gasteiger partial charge in [0.1, 0.15) is 5.82 Å². The lowest BCUT2D eigenvalue weighted by Crippen LogP contribution is -2.49. The van der Waals surface area contributed by atoms with Crippen LogP contribution < -0.4 is 10.6 Å². The maximum atomic E-state index is 5.90. The molecular weight excluding hydrogens is 242 g/mol. The van der Waals surface area contributed by atoms with Gasteiger partial charge in [0.05, 0.1) is 12.3 Å². The first-order valence-electron chi connectivity index (χ1n) is 6.61. The summed E-state index contributed by atoms with van der Waals surface area (Å²) in [6.45, 7) is 1.55. The largest absolute Gasteiger partial charge is 0.381 e. The van der Waals surface area contributed by atoms with Gasteiger partial charge in [-0.05, 0) is 18.9 Å². The fraction of sp³-hybridized carbons (Fsp3) is 0.538. The molecule has 1 fully saturated rings. The van der Waals surface area contributed by atoms with Crippen molar-refractivity contribution < 1.29 is 4.74 Å². The van der Waals surface area contributed by atoms with Gasteiger partial charge in [0.15, 0.2) is 5.65 Å². The minimum atomic E-state index is 0.288. The molecule has 3 rings (SSSR count). The van der Waals surface area contributed by atoms with E-state index in [0.29, 0.717) is 12.6 Å². The van der Waals surface area contributed by atoms with E-state index < -0.39 is 0 Å². The third-order valence-electron chi connectivity index (χ3n) is 3.81. The molecule has 0 amide bonds. The van der Waals surface area contributed by atoms with E-state index >= 15 is 0 Å². The Labute approximate surface area is 112 Å². The zero-order valence-corrected chi connectivity index (χ0v) is 11.1. The van der Waals surface area contributed by atoms with E-state index in [1.54, 1.807) is 17.8 Å². The van der Waals surface area contributed by atoms with Crippen LogP contribution in [0.1, 0.15) is 12.8 Å². The highest BCUT2D eigenvalue weighted by atomic mass is 16.5. The normalized spacial score (nSPS) is 24.0. The van der Waals surface area contributed by atoms with Gasteiger partial charge < -0.3 is 15.4 Å². The van der Waals surface area contributed by atoms with E-state index in [2.05, 4.69) is 15.0 Å². The van der Waals surface area contributed by atoms with Crippen LogP contribution in [0.4, 0.5) is 5.82 Å². The lowest BCUT2D eigenvalue weighted by atomic mass is 9.99. The smallest absolute Gasteiger partial charge is 0.157 e. The molecular formula is C13H19N5O. The summed E-state index contributed by atoms with van der Waals surface area (Å²) < 4.78 is 7.22. The van der Waals surface area contributed by atoms with Gasteiger partial charge in [-0.2, -0.15) is 5.10 Å². The highest BCUT2D eigenvalue weighted by Gasteiger charge is 2.28. The molecule has 0 aromatic carbocycles. The first kappa shape index (κ1) is 12.4. The second-order valence-electron chi connectivity index (χ2n) is 4.88. The third-order valence-corrected chi connectivity index (χ3v) is 3.81. The second-order valence-corrected chi connectivity index (χ2v) is 4.88. The van der Waals surface area contributed by atoms with Crippen LogP contribution in [-0.2, 0) is 4.74 Å². The number of nitrogens with two attached hydrogens (primary N) is 1. The monoisotopic (exact) mass is 261 g/mol. The Morgan fingerprint density at radius 1 is 1.47 bits per heavy atom. The van der Waals surface area contributed by atoms with Gasteiger partial charge in [-0.25, -0.2) is 9.50 Å². The number of piperidine rings is 1. The van der Waals surface area contributed by atoms with Crippen molar-refractivity contribution in [3.05, 3.63) is 24.5 Å². The molecule has 2 N–H and O–H groups in total. The zero-order chi connectivity index (χ0) is 13.2. The average Bonchev–Trinajstić information content (AvgIpc) is 2.93. The quantitative estimate of drug-likeness (QED) is 0.879. The van der Waals surface area contributed by atoms with Crippen LogP contribution in [0.5, 0.6) is 0 Å². The van der Waals surface area contributed by atoms with E-state index in [9.17, 15) is 0 Å². The Morgan fingerprint density at radius 3 is 3.16 bits per heavy atom.